The Balaban J connectivity index is 2.80. The van der Waals surface area contributed by atoms with E-state index in [1.165, 1.54) is 6.21 Å². The lowest BCUT2D eigenvalue weighted by Crippen LogP contribution is -2.06. The molecule has 3 heteroatoms. The van der Waals surface area contributed by atoms with E-state index in [9.17, 15) is 0 Å². The lowest BCUT2D eigenvalue weighted by molar-refractivity contribution is 0.269. The van der Waals surface area contributed by atoms with Gasteiger partial charge in [0.25, 0.3) is 0 Å². The summed E-state index contributed by atoms with van der Waals surface area (Å²) in [7, 11) is 0. The molecule has 0 aliphatic rings. The van der Waals surface area contributed by atoms with Gasteiger partial charge in [0.15, 0.2) is 0 Å². The van der Waals surface area contributed by atoms with E-state index >= 15 is 0 Å². The van der Waals surface area contributed by atoms with Crippen molar-refractivity contribution in [2.75, 3.05) is 6.61 Å². The van der Waals surface area contributed by atoms with Crippen LogP contribution in [0, 0.1) is 11.3 Å². The molecule has 0 spiro atoms. The maximum Gasteiger partial charge on any atom is 0.122 e. The van der Waals surface area contributed by atoms with Crippen molar-refractivity contribution >= 4 is 17.8 Å². The minimum absolute atomic E-state index is 0.494. The quantitative estimate of drug-likeness (QED) is 0.764. The second-order valence-corrected chi connectivity index (χ2v) is 4.30. The molecule has 82 valence electrons. The van der Waals surface area contributed by atoms with Crippen molar-refractivity contribution in [3.8, 4) is 5.75 Å². The number of hydrogen-bond acceptors (Lipinski definition) is 2. The van der Waals surface area contributed by atoms with Crippen molar-refractivity contribution in [2.45, 2.75) is 20.3 Å². The van der Waals surface area contributed by atoms with E-state index in [1.54, 1.807) is 0 Å². The van der Waals surface area contributed by atoms with Gasteiger partial charge in [0, 0.05) is 17.0 Å². The van der Waals surface area contributed by atoms with Crippen LogP contribution in [0.2, 0.25) is 5.02 Å². The van der Waals surface area contributed by atoms with Crippen LogP contribution in [0.25, 0.3) is 0 Å². The number of halogens is 1. The molecule has 1 N–H and O–H groups in total. The third-order valence-corrected chi connectivity index (χ3v) is 2.15. The Kier molecular flexibility index (Phi) is 4.63. The zero-order valence-electron chi connectivity index (χ0n) is 9.09. The maximum absolute atomic E-state index is 7.10. The summed E-state index contributed by atoms with van der Waals surface area (Å²) in [4.78, 5) is 0. The first-order chi connectivity index (χ1) is 7.13. The molecule has 0 saturated carbocycles. The van der Waals surface area contributed by atoms with Crippen molar-refractivity contribution in [3.05, 3.63) is 28.8 Å². The average Bonchev–Trinajstić information content (AvgIpc) is 2.17. The summed E-state index contributed by atoms with van der Waals surface area (Å²) in [5.74, 6) is 1.32. The standard InChI is InChI=1S/C12H16ClNO/c1-9(2)8-15-12-4-3-11(13)7-10(12)5-6-14/h3-4,6-7,9,14H,5,8H2,1-2H3. The third-order valence-electron chi connectivity index (χ3n) is 1.92. The Morgan fingerprint density at radius 2 is 2.20 bits per heavy atom. The van der Waals surface area contributed by atoms with Crippen LogP contribution in [0.3, 0.4) is 0 Å². The molecule has 0 bridgehead atoms. The number of ether oxygens (including phenoxy) is 1. The van der Waals surface area contributed by atoms with Crippen LogP contribution in [0.15, 0.2) is 18.2 Å². The first kappa shape index (κ1) is 12.1. The second kappa shape index (κ2) is 5.76. The van der Waals surface area contributed by atoms with Gasteiger partial charge in [0.05, 0.1) is 6.61 Å². The summed E-state index contributed by atoms with van der Waals surface area (Å²) >= 11 is 5.88. The largest absolute Gasteiger partial charge is 0.493 e. The van der Waals surface area contributed by atoms with E-state index in [2.05, 4.69) is 13.8 Å². The number of hydrogen-bond donors (Lipinski definition) is 1. The highest BCUT2D eigenvalue weighted by atomic mass is 35.5. The molecule has 0 atom stereocenters. The first-order valence-corrected chi connectivity index (χ1v) is 5.41. The smallest absolute Gasteiger partial charge is 0.122 e. The van der Waals surface area contributed by atoms with Gasteiger partial charge in [-0.2, -0.15) is 0 Å². The third kappa shape index (κ3) is 3.92. The van der Waals surface area contributed by atoms with E-state index in [1.807, 2.05) is 18.2 Å². The van der Waals surface area contributed by atoms with Crippen molar-refractivity contribution < 1.29 is 4.74 Å². The Labute approximate surface area is 95.7 Å². The molecule has 1 aromatic carbocycles. The SMILES string of the molecule is CC(C)COc1ccc(Cl)cc1CC=N. The Bertz CT molecular complexity index is 336. The van der Waals surface area contributed by atoms with Crippen molar-refractivity contribution in [3.63, 3.8) is 0 Å². The highest BCUT2D eigenvalue weighted by molar-refractivity contribution is 6.30. The fraction of sp³-hybridized carbons (Fsp3) is 0.417. The number of rotatable bonds is 5. The summed E-state index contributed by atoms with van der Waals surface area (Å²) < 4.78 is 5.64. The first-order valence-electron chi connectivity index (χ1n) is 5.03. The van der Waals surface area contributed by atoms with Gasteiger partial charge in [0.2, 0.25) is 0 Å². The Morgan fingerprint density at radius 3 is 2.80 bits per heavy atom. The van der Waals surface area contributed by atoms with Gasteiger partial charge >= 0.3 is 0 Å². The molecule has 0 heterocycles. The highest BCUT2D eigenvalue weighted by Gasteiger charge is 2.04. The van der Waals surface area contributed by atoms with Crippen LogP contribution in [0.5, 0.6) is 5.75 Å². The van der Waals surface area contributed by atoms with E-state index in [0.717, 1.165) is 11.3 Å². The van der Waals surface area contributed by atoms with Gasteiger partial charge in [-0.25, -0.2) is 0 Å². The minimum Gasteiger partial charge on any atom is -0.493 e. The minimum atomic E-state index is 0.494. The van der Waals surface area contributed by atoms with E-state index in [4.69, 9.17) is 21.7 Å². The van der Waals surface area contributed by atoms with Crippen LogP contribution < -0.4 is 4.74 Å². The fourth-order valence-corrected chi connectivity index (χ4v) is 1.41. The summed E-state index contributed by atoms with van der Waals surface area (Å²) in [6, 6.07) is 5.52. The van der Waals surface area contributed by atoms with Crippen LogP contribution in [0.4, 0.5) is 0 Å². The van der Waals surface area contributed by atoms with Gasteiger partial charge < -0.3 is 10.1 Å². The van der Waals surface area contributed by atoms with Crippen molar-refractivity contribution in [2.24, 2.45) is 5.92 Å². The van der Waals surface area contributed by atoms with Crippen LogP contribution in [-0.2, 0) is 6.42 Å². The molecule has 15 heavy (non-hydrogen) atoms. The fourth-order valence-electron chi connectivity index (χ4n) is 1.21. The van der Waals surface area contributed by atoms with Gasteiger partial charge in [-0.1, -0.05) is 25.4 Å². The van der Waals surface area contributed by atoms with Gasteiger partial charge in [-0.05, 0) is 30.3 Å². The molecule has 1 aromatic rings. The molecular formula is C12H16ClNO. The van der Waals surface area contributed by atoms with E-state index in [0.29, 0.717) is 24.0 Å². The average molecular weight is 226 g/mol. The van der Waals surface area contributed by atoms with E-state index in [-0.39, 0.29) is 0 Å². The summed E-state index contributed by atoms with van der Waals surface area (Å²) in [6.45, 7) is 4.89. The monoisotopic (exact) mass is 225 g/mol. The molecule has 1 rings (SSSR count). The number of benzene rings is 1. The van der Waals surface area contributed by atoms with Crippen LogP contribution in [-0.4, -0.2) is 12.8 Å². The molecule has 0 fully saturated rings. The number of nitrogens with one attached hydrogen (secondary N) is 1. The Morgan fingerprint density at radius 1 is 1.47 bits per heavy atom. The summed E-state index contributed by atoms with van der Waals surface area (Å²) in [5.41, 5.74) is 0.971. The molecule has 2 nitrogen and oxygen atoms in total. The molecule has 0 aliphatic heterocycles. The van der Waals surface area contributed by atoms with Gasteiger partial charge in [-0.3, -0.25) is 0 Å². The molecule has 0 amide bonds. The molecule has 0 saturated heterocycles. The van der Waals surface area contributed by atoms with E-state index < -0.39 is 0 Å². The zero-order valence-corrected chi connectivity index (χ0v) is 9.84. The van der Waals surface area contributed by atoms with Crippen molar-refractivity contribution in [1.82, 2.24) is 0 Å². The lowest BCUT2D eigenvalue weighted by atomic mass is 10.1. The summed E-state index contributed by atoms with van der Waals surface area (Å²) in [5, 5.41) is 7.78. The summed E-state index contributed by atoms with van der Waals surface area (Å²) in [6.07, 6.45) is 1.92. The molecular weight excluding hydrogens is 210 g/mol. The van der Waals surface area contributed by atoms with Crippen molar-refractivity contribution in [1.29, 1.82) is 5.41 Å². The normalized spacial score (nSPS) is 10.4. The molecule has 0 aliphatic carbocycles. The van der Waals surface area contributed by atoms with Crippen LogP contribution in [0.1, 0.15) is 19.4 Å². The topological polar surface area (TPSA) is 33.1 Å². The van der Waals surface area contributed by atoms with Gasteiger partial charge in [0.1, 0.15) is 5.75 Å². The predicted molar refractivity (Wildman–Crippen MR) is 64.3 cm³/mol. The Hall–Kier alpha value is -1.02. The molecule has 0 aromatic heterocycles. The maximum atomic E-state index is 7.10. The van der Waals surface area contributed by atoms with Gasteiger partial charge in [-0.15, -0.1) is 0 Å². The van der Waals surface area contributed by atoms with Crippen LogP contribution >= 0.6 is 11.6 Å². The molecule has 0 radical (unpaired) electrons. The zero-order chi connectivity index (χ0) is 11.3. The second-order valence-electron chi connectivity index (χ2n) is 3.87. The predicted octanol–water partition coefficient (Wildman–Crippen LogP) is 3.57. The molecule has 0 unspecified atom stereocenters. The lowest BCUT2D eigenvalue weighted by Gasteiger charge is -2.12. The highest BCUT2D eigenvalue weighted by Crippen LogP contribution is 2.23.